The molecule has 1 unspecified atom stereocenters. The van der Waals surface area contributed by atoms with Crippen molar-refractivity contribution in [2.45, 2.75) is 32.8 Å². The van der Waals surface area contributed by atoms with Gasteiger partial charge in [0.1, 0.15) is 23.6 Å². The molecule has 1 aromatic carbocycles. The van der Waals surface area contributed by atoms with E-state index >= 15 is 0 Å². The van der Waals surface area contributed by atoms with Gasteiger partial charge in [-0.05, 0) is 36.1 Å². The third-order valence-corrected chi connectivity index (χ3v) is 4.91. The third-order valence-electron chi connectivity index (χ3n) is 4.62. The summed E-state index contributed by atoms with van der Waals surface area (Å²) >= 11 is 5.90. The molecule has 0 bridgehead atoms. The molecule has 1 atom stereocenters. The molecule has 3 rings (SSSR count). The quantitative estimate of drug-likeness (QED) is 0.813. The number of aromatic nitrogens is 2. The first kappa shape index (κ1) is 18.6. The molecule has 2 aromatic rings. The van der Waals surface area contributed by atoms with E-state index in [0.717, 1.165) is 29.7 Å². The predicted octanol–water partition coefficient (Wildman–Crippen LogP) is 3.84. The van der Waals surface area contributed by atoms with E-state index in [1.807, 2.05) is 18.7 Å². The molecule has 0 N–H and O–H groups in total. The number of ether oxygens (including phenoxy) is 1. The van der Waals surface area contributed by atoms with Crippen LogP contribution in [0.3, 0.4) is 0 Å². The van der Waals surface area contributed by atoms with Crippen LogP contribution in [0.4, 0.5) is 10.2 Å². The van der Waals surface area contributed by atoms with Crippen molar-refractivity contribution >= 4 is 17.4 Å². The molecular formula is C19H20ClFN4O. The zero-order valence-electron chi connectivity index (χ0n) is 14.8. The van der Waals surface area contributed by atoms with Gasteiger partial charge in [0.2, 0.25) is 0 Å². The van der Waals surface area contributed by atoms with Gasteiger partial charge in [-0.1, -0.05) is 31.5 Å². The maximum atomic E-state index is 13.4. The Bertz CT molecular complexity index is 852. The van der Waals surface area contributed by atoms with Crippen LogP contribution in [0, 0.1) is 17.1 Å². The maximum Gasteiger partial charge on any atom is 0.169 e. The minimum absolute atomic E-state index is 0.0706. The van der Waals surface area contributed by atoms with Gasteiger partial charge in [-0.2, -0.15) is 10.4 Å². The number of nitriles is 1. The molecule has 0 aliphatic carbocycles. The first-order chi connectivity index (χ1) is 12.6. The van der Waals surface area contributed by atoms with Gasteiger partial charge in [-0.3, -0.25) is 0 Å². The molecule has 0 radical (unpaired) electrons. The lowest BCUT2D eigenvalue weighted by Crippen LogP contribution is -2.39. The van der Waals surface area contributed by atoms with Crippen molar-refractivity contribution in [1.29, 1.82) is 5.26 Å². The van der Waals surface area contributed by atoms with Crippen molar-refractivity contribution in [3.05, 3.63) is 51.4 Å². The lowest BCUT2D eigenvalue weighted by atomic mass is 10.0. The number of nitrogens with zero attached hydrogens (tertiary/aromatic N) is 4. The van der Waals surface area contributed by atoms with Crippen molar-refractivity contribution in [1.82, 2.24) is 10.2 Å². The number of hydrogen-bond donors (Lipinski definition) is 0. The van der Waals surface area contributed by atoms with Gasteiger partial charge in [-0.15, -0.1) is 5.10 Å². The average Bonchev–Trinajstić information content (AvgIpc) is 2.68. The smallest absolute Gasteiger partial charge is 0.169 e. The van der Waals surface area contributed by atoms with Crippen LogP contribution in [0.2, 0.25) is 5.02 Å². The summed E-state index contributed by atoms with van der Waals surface area (Å²) in [5, 5.41) is 18.4. The van der Waals surface area contributed by atoms with Gasteiger partial charge in [0.15, 0.2) is 5.82 Å². The number of anilines is 1. The Balaban J connectivity index is 1.92. The lowest BCUT2D eigenvalue weighted by Gasteiger charge is -2.34. The highest BCUT2D eigenvalue weighted by Gasteiger charge is 2.27. The van der Waals surface area contributed by atoms with Crippen LogP contribution in [0.15, 0.2) is 18.2 Å². The SMILES string of the molecule is CCc1nnc(N2CCOC(c3ccc(F)c(Cl)c3)C2)c(C#N)c1CC. The Labute approximate surface area is 157 Å². The normalized spacial score (nSPS) is 17.2. The molecule has 1 fully saturated rings. The molecule has 7 heteroatoms. The van der Waals surface area contributed by atoms with E-state index in [1.54, 1.807) is 12.1 Å². The molecule has 1 aliphatic heterocycles. The minimum atomic E-state index is -0.455. The van der Waals surface area contributed by atoms with Crippen molar-refractivity contribution in [3.63, 3.8) is 0 Å². The van der Waals surface area contributed by atoms with Crippen molar-refractivity contribution < 1.29 is 9.13 Å². The fourth-order valence-electron chi connectivity index (χ4n) is 3.26. The van der Waals surface area contributed by atoms with E-state index in [2.05, 4.69) is 16.3 Å². The van der Waals surface area contributed by atoms with E-state index in [0.29, 0.717) is 31.1 Å². The minimum Gasteiger partial charge on any atom is -0.370 e. The summed E-state index contributed by atoms with van der Waals surface area (Å²) in [5.41, 5.74) is 3.20. The molecule has 1 aliphatic rings. The summed E-state index contributed by atoms with van der Waals surface area (Å²) in [4.78, 5) is 2.01. The summed E-state index contributed by atoms with van der Waals surface area (Å²) in [7, 11) is 0. The van der Waals surface area contributed by atoms with Gasteiger partial charge >= 0.3 is 0 Å². The first-order valence-electron chi connectivity index (χ1n) is 8.69. The Morgan fingerprint density at radius 3 is 2.81 bits per heavy atom. The van der Waals surface area contributed by atoms with Gasteiger partial charge in [0.25, 0.3) is 0 Å². The fourth-order valence-corrected chi connectivity index (χ4v) is 3.45. The highest BCUT2D eigenvalue weighted by atomic mass is 35.5. The molecule has 5 nitrogen and oxygen atoms in total. The Kier molecular flexibility index (Phi) is 5.70. The van der Waals surface area contributed by atoms with Gasteiger partial charge in [0, 0.05) is 13.1 Å². The summed E-state index contributed by atoms with van der Waals surface area (Å²) in [5.74, 6) is 0.131. The van der Waals surface area contributed by atoms with Crippen molar-refractivity contribution in [2.75, 3.05) is 24.6 Å². The van der Waals surface area contributed by atoms with Gasteiger partial charge in [-0.25, -0.2) is 4.39 Å². The largest absolute Gasteiger partial charge is 0.370 e. The van der Waals surface area contributed by atoms with Crippen LogP contribution in [0.25, 0.3) is 0 Å². The second-order valence-corrected chi connectivity index (χ2v) is 6.53. The molecule has 0 amide bonds. The monoisotopic (exact) mass is 374 g/mol. The van der Waals surface area contributed by atoms with Crippen molar-refractivity contribution in [2.24, 2.45) is 0 Å². The van der Waals surface area contributed by atoms with Crippen LogP contribution in [0.5, 0.6) is 0 Å². The number of aryl methyl sites for hydroxylation is 1. The number of rotatable bonds is 4. The molecule has 2 heterocycles. The Morgan fingerprint density at radius 1 is 1.35 bits per heavy atom. The summed E-state index contributed by atoms with van der Waals surface area (Å²) in [6, 6.07) is 6.90. The third kappa shape index (κ3) is 3.50. The van der Waals surface area contributed by atoms with E-state index < -0.39 is 5.82 Å². The Hall–Kier alpha value is -2.23. The summed E-state index contributed by atoms with van der Waals surface area (Å²) < 4.78 is 19.3. The van der Waals surface area contributed by atoms with Crippen molar-refractivity contribution in [3.8, 4) is 6.07 Å². The van der Waals surface area contributed by atoms with E-state index in [1.165, 1.54) is 6.07 Å². The predicted molar refractivity (Wildman–Crippen MR) is 97.8 cm³/mol. The van der Waals surface area contributed by atoms with E-state index in [9.17, 15) is 9.65 Å². The Morgan fingerprint density at radius 2 is 2.15 bits per heavy atom. The van der Waals surface area contributed by atoms with Gasteiger partial charge in [0.05, 0.1) is 17.3 Å². The zero-order chi connectivity index (χ0) is 18.7. The van der Waals surface area contributed by atoms with Gasteiger partial charge < -0.3 is 9.64 Å². The highest BCUT2D eigenvalue weighted by Crippen LogP contribution is 2.30. The van der Waals surface area contributed by atoms with Crippen LogP contribution < -0.4 is 4.90 Å². The number of benzene rings is 1. The molecule has 0 spiro atoms. The maximum absolute atomic E-state index is 13.4. The highest BCUT2D eigenvalue weighted by molar-refractivity contribution is 6.30. The lowest BCUT2D eigenvalue weighted by molar-refractivity contribution is 0.0394. The standard InChI is InChI=1S/C19H20ClFN4O/c1-3-13-14(10-22)19(24-23-17(13)4-2)25-7-8-26-18(11-25)12-5-6-16(21)15(20)9-12/h5-6,9,18H,3-4,7-8,11H2,1-2H3. The molecule has 26 heavy (non-hydrogen) atoms. The summed E-state index contributed by atoms with van der Waals surface area (Å²) in [6.45, 7) is 5.61. The second kappa shape index (κ2) is 7.98. The first-order valence-corrected chi connectivity index (χ1v) is 9.06. The summed E-state index contributed by atoms with van der Waals surface area (Å²) in [6.07, 6.45) is 1.20. The number of halogens is 2. The molecular weight excluding hydrogens is 355 g/mol. The van der Waals surface area contributed by atoms with E-state index in [-0.39, 0.29) is 11.1 Å². The van der Waals surface area contributed by atoms with Crippen LogP contribution in [-0.2, 0) is 17.6 Å². The number of morpholine rings is 1. The second-order valence-electron chi connectivity index (χ2n) is 6.12. The molecule has 136 valence electrons. The zero-order valence-corrected chi connectivity index (χ0v) is 15.6. The fraction of sp³-hybridized carbons (Fsp3) is 0.421. The van der Waals surface area contributed by atoms with Crippen LogP contribution >= 0.6 is 11.6 Å². The number of hydrogen-bond acceptors (Lipinski definition) is 5. The average molecular weight is 375 g/mol. The van der Waals surface area contributed by atoms with Crippen LogP contribution in [0.1, 0.15) is 42.3 Å². The molecule has 1 saturated heterocycles. The molecule has 1 aromatic heterocycles. The topological polar surface area (TPSA) is 62.0 Å². The molecule has 0 saturated carbocycles. The van der Waals surface area contributed by atoms with Crippen LogP contribution in [-0.4, -0.2) is 29.9 Å². The van der Waals surface area contributed by atoms with E-state index in [4.69, 9.17) is 16.3 Å².